The molecule has 0 heterocycles. The quantitative estimate of drug-likeness (QED) is 0.734. The van der Waals surface area contributed by atoms with Crippen LogP contribution in [0.5, 0.6) is 0 Å². The van der Waals surface area contributed by atoms with Gasteiger partial charge in [-0.25, -0.2) is 0 Å². The van der Waals surface area contributed by atoms with Gasteiger partial charge in [-0.05, 0) is 58.4 Å². The lowest BCUT2D eigenvalue weighted by Crippen LogP contribution is -2.56. The Hall–Kier alpha value is -0.120. The van der Waals surface area contributed by atoms with Crippen molar-refractivity contribution >= 4 is 0 Å². The maximum absolute atomic E-state index is 5.98. The van der Waals surface area contributed by atoms with Crippen molar-refractivity contribution in [3.05, 3.63) is 0 Å². The van der Waals surface area contributed by atoms with Crippen molar-refractivity contribution in [2.24, 2.45) is 5.92 Å². The van der Waals surface area contributed by atoms with Gasteiger partial charge in [-0.15, -0.1) is 0 Å². The molecule has 0 spiro atoms. The molecule has 1 aliphatic carbocycles. The summed E-state index contributed by atoms with van der Waals surface area (Å²) in [7, 11) is 1.87. The summed E-state index contributed by atoms with van der Waals surface area (Å²) >= 11 is 0. The van der Waals surface area contributed by atoms with Crippen LogP contribution < -0.4 is 5.32 Å². The van der Waals surface area contributed by atoms with Crippen molar-refractivity contribution in [2.45, 2.75) is 77.5 Å². The van der Waals surface area contributed by atoms with E-state index in [1.54, 1.807) is 0 Å². The van der Waals surface area contributed by atoms with Crippen LogP contribution in [0.25, 0.3) is 0 Å². The van der Waals surface area contributed by atoms with E-state index in [-0.39, 0.29) is 11.7 Å². The van der Waals surface area contributed by atoms with Crippen molar-refractivity contribution in [1.82, 2.24) is 5.32 Å². The van der Waals surface area contributed by atoms with Crippen LogP contribution in [0.3, 0.4) is 0 Å². The smallest absolute Gasteiger partial charge is 0.0853 e. The number of rotatable bonds is 8. The van der Waals surface area contributed by atoms with E-state index in [2.05, 4.69) is 33.0 Å². The number of nitrogens with one attached hydrogen (secondary N) is 1. The normalized spacial score (nSPS) is 29.7. The zero-order valence-corrected chi connectivity index (χ0v) is 13.5. The number of hydrogen-bond acceptors (Lipinski definition) is 3. The highest BCUT2D eigenvalue weighted by Crippen LogP contribution is 2.37. The van der Waals surface area contributed by atoms with E-state index in [1.807, 2.05) is 7.11 Å². The van der Waals surface area contributed by atoms with Gasteiger partial charge in [0.2, 0.25) is 0 Å². The first-order valence-corrected chi connectivity index (χ1v) is 7.94. The highest BCUT2D eigenvalue weighted by atomic mass is 16.5. The standard InChI is InChI=1S/C16H33NO2/c1-6-11-17-15(12-19-13(2)3)16(18-5)9-7-14(4)8-10-16/h13-15,17H,6-12H2,1-5H3. The predicted molar refractivity (Wildman–Crippen MR) is 80.5 cm³/mol. The van der Waals surface area contributed by atoms with E-state index in [4.69, 9.17) is 9.47 Å². The van der Waals surface area contributed by atoms with Crippen molar-refractivity contribution < 1.29 is 9.47 Å². The Balaban J connectivity index is 2.67. The summed E-state index contributed by atoms with van der Waals surface area (Å²) in [4.78, 5) is 0. The highest BCUT2D eigenvalue weighted by Gasteiger charge is 2.41. The second kappa shape index (κ2) is 8.23. The average molecular weight is 271 g/mol. The minimum absolute atomic E-state index is 0.0312. The van der Waals surface area contributed by atoms with Crippen LogP contribution >= 0.6 is 0 Å². The van der Waals surface area contributed by atoms with Crippen LogP contribution in [-0.4, -0.2) is 38.0 Å². The first kappa shape index (κ1) is 16.9. The second-order valence-electron chi connectivity index (χ2n) is 6.34. The summed E-state index contributed by atoms with van der Waals surface area (Å²) < 4.78 is 11.8. The lowest BCUT2D eigenvalue weighted by atomic mass is 9.75. The maximum Gasteiger partial charge on any atom is 0.0853 e. The molecule has 1 saturated carbocycles. The number of ether oxygens (including phenoxy) is 2. The molecule has 0 aromatic heterocycles. The van der Waals surface area contributed by atoms with Gasteiger partial charge in [-0.3, -0.25) is 0 Å². The van der Waals surface area contributed by atoms with Crippen molar-refractivity contribution in [2.75, 3.05) is 20.3 Å². The van der Waals surface area contributed by atoms with E-state index in [0.717, 1.165) is 38.3 Å². The molecule has 0 saturated heterocycles. The molecule has 1 aliphatic rings. The molecule has 0 aliphatic heterocycles. The molecular formula is C16H33NO2. The van der Waals surface area contributed by atoms with Crippen molar-refractivity contribution in [1.29, 1.82) is 0 Å². The van der Waals surface area contributed by atoms with Gasteiger partial charge in [-0.1, -0.05) is 13.8 Å². The summed E-state index contributed by atoms with van der Waals surface area (Å²) in [6.45, 7) is 10.5. The zero-order valence-electron chi connectivity index (χ0n) is 13.5. The third-order valence-corrected chi connectivity index (χ3v) is 4.40. The fraction of sp³-hybridized carbons (Fsp3) is 1.00. The molecule has 0 bridgehead atoms. The van der Waals surface area contributed by atoms with Crippen LogP contribution in [0.1, 0.15) is 59.8 Å². The average Bonchev–Trinajstić information content (AvgIpc) is 2.40. The monoisotopic (exact) mass is 271 g/mol. The Morgan fingerprint density at radius 1 is 1.26 bits per heavy atom. The Labute approximate surface area is 119 Å². The second-order valence-corrected chi connectivity index (χ2v) is 6.34. The van der Waals surface area contributed by atoms with Crippen LogP contribution in [0, 0.1) is 5.92 Å². The van der Waals surface area contributed by atoms with E-state index in [9.17, 15) is 0 Å². The van der Waals surface area contributed by atoms with Crippen LogP contribution in [-0.2, 0) is 9.47 Å². The van der Waals surface area contributed by atoms with E-state index >= 15 is 0 Å². The molecular weight excluding hydrogens is 238 g/mol. The fourth-order valence-corrected chi connectivity index (χ4v) is 2.95. The number of methoxy groups -OCH3 is 1. The molecule has 3 nitrogen and oxygen atoms in total. The first-order chi connectivity index (χ1) is 9.04. The molecule has 3 heteroatoms. The van der Waals surface area contributed by atoms with Gasteiger partial charge >= 0.3 is 0 Å². The molecule has 0 aromatic carbocycles. The third-order valence-electron chi connectivity index (χ3n) is 4.40. The van der Waals surface area contributed by atoms with Crippen LogP contribution in [0.4, 0.5) is 0 Å². The summed E-state index contributed by atoms with van der Waals surface area (Å²) in [6.07, 6.45) is 6.25. The lowest BCUT2D eigenvalue weighted by Gasteiger charge is -2.44. The van der Waals surface area contributed by atoms with Gasteiger partial charge in [0.25, 0.3) is 0 Å². The molecule has 0 amide bonds. The largest absolute Gasteiger partial charge is 0.377 e. The van der Waals surface area contributed by atoms with Gasteiger partial charge in [0.15, 0.2) is 0 Å². The molecule has 19 heavy (non-hydrogen) atoms. The molecule has 0 radical (unpaired) electrons. The van der Waals surface area contributed by atoms with Crippen molar-refractivity contribution in [3.8, 4) is 0 Å². The molecule has 1 atom stereocenters. The number of hydrogen-bond donors (Lipinski definition) is 1. The zero-order chi connectivity index (χ0) is 14.3. The maximum atomic E-state index is 5.98. The fourth-order valence-electron chi connectivity index (χ4n) is 2.95. The predicted octanol–water partition coefficient (Wildman–Crippen LogP) is 3.37. The Morgan fingerprint density at radius 3 is 2.37 bits per heavy atom. The van der Waals surface area contributed by atoms with Gasteiger partial charge in [0.1, 0.15) is 0 Å². The first-order valence-electron chi connectivity index (χ1n) is 7.94. The van der Waals surface area contributed by atoms with E-state index in [1.165, 1.54) is 12.8 Å². The summed E-state index contributed by atoms with van der Waals surface area (Å²) in [6, 6.07) is 0.312. The molecule has 0 aromatic rings. The molecule has 1 unspecified atom stereocenters. The third kappa shape index (κ3) is 5.05. The van der Waals surface area contributed by atoms with Gasteiger partial charge in [0, 0.05) is 7.11 Å². The molecule has 1 N–H and O–H groups in total. The summed E-state index contributed by atoms with van der Waals surface area (Å²) in [5, 5.41) is 3.65. The van der Waals surface area contributed by atoms with Crippen molar-refractivity contribution in [3.63, 3.8) is 0 Å². The summed E-state index contributed by atoms with van der Waals surface area (Å²) in [5.74, 6) is 0.834. The lowest BCUT2D eigenvalue weighted by molar-refractivity contribution is -0.0973. The van der Waals surface area contributed by atoms with Gasteiger partial charge in [-0.2, -0.15) is 0 Å². The Kier molecular flexibility index (Phi) is 7.33. The summed E-state index contributed by atoms with van der Waals surface area (Å²) in [5.41, 5.74) is -0.0312. The highest BCUT2D eigenvalue weighted by molar-refractivity contribution is 4.96. The van der Waals surface area contributed by atoms with Gasteiger partial charge in [0.05, 0.1) is 24.4 Å². The molecule has 1 rings (SSSR count). The van der Waals surface area contributed by atoms with Gasteiger partial charge < -0.3 is 14.8 Å². The molecule has 1 fully saturated rings. The topological polar surface area (TPSA) is 30.5 Å². The Morgan fingerprint density at radius 2 is 1.89 bits per heavy atom. The van der Waals surface area contributed by atoms with Crippen LogP contribution in [0.2, 0.25) is 0 Å². The van der Waals surface area contributed by atoms with E-state index < -0.39 is 0 Å². The van der Waals surface area contributed by atoms with Crippen LogP contribution in [0.15, 0.2) is 0 Å². The van der Waals surface area contributed by atoms with E-state index in [0.29, 0.717) is 6.04 Å². The Bertz CT molecular complexity index is 235. The minimum atomic E-state index is -0.0312. The molecule has 114 valence electrons. The SMILES string of the molecule is CCCNC(COC(C)C)C1(OC)CCC(C)CC1. The minimum Gasteiger partial charge on any atom is -0.377 e.